The third kappa shape index (κ3) is 6.26. The first-order chi connectivity index (χ1) is 14.8. The van der Waals surface area contributed by atoms with E-state index in [0.29, 0.717) is 5.56 Å². The molecule has 2 aromatic carbocycles. The molecule has 0 bridgehead atoms. The molecule has 1 saturated carbocycles. The second-order valence-electron chi connectivity index (χ2n) is 8.04. The lowest BCUT2D eigenvalue weighted by atomic mass is 9.95. The number of benzene rings is 2. The molecule has 1 aliphatic carbocycles. The van der Waals surface area contributed by atoms with E-state index in [-0.39, 0.29) is 41.3 Å². The molecule has 0 unspecified atom stereocenters. The minimum absolute atomic E-state index is 0.0955. The molecule has 4 nitrogen and oxygen atoms in total. The third-order valence-electron chi connectivity index (χ3n) is 5.77. The maximum absolute atomic E-state index is 14.2. The van der Waals surface area contributed by atoms with Gasteiger partial charge in [-0.05, 0) is 49.6 Å². The summed E-state index contributed by atoms with van der Waals surface area (Å²) < 4.78 is 27.5. The van der Waals surface area contributed by atoms with Gasteiger partial charge in [0.05, 0.1) is 6.42 Å². The number of rotatable bonds is 7. The van der Waals surface area contributed by atoms with E-state index < -0.39 is 17.8 Å². The van der Waals surface area contributed by atoms with E-state index in [2.05, 4.69) is 5.32 Å². The van der Waals surface area contributed by atoms with Crippen LogP contribution in [0.25, 0.3) is 0 Å². The molecule has 1 aliphatic rings. The Bertz CT molecular complexity index is 894. The molecule has 0 spiro atoms. The number of hydrogen-bond acceptors (Lipinski definition) is 2. The van der Waals surface area contributed by atoms with Gasteiger partial charge in [-0.3, -0.25) is 9.59 Å². The third-order valence-corrected chi connectivity index (χ3v) is 6.13. The van der Waals surface area contributed by atoms with Crippen LogP contribution < -0.4 is 5.32 Å². The number of nitrogens with zero attached hydrogens (tertiary/aromatic N) is 1. The summed E-state index contributed by atoms with van der Waals surface area (Å²) in [6.07, 6.45) is 4.89. The first kappa shape index (κ1) is 23.2. The van der Waals surface area contributed by atoms with Crippen LogP contribution >= 0.6 is 11.6 Å². The van der Waals surface area contributed by atoms with Crippen molar-refractivity contribution in [3.8, 4) is 0 Å². The van der Waals surface area contributed by atoms with Gasteiger partial charge in [-0.1, -0.05) is 49.1 Å². The summed E-state index contributed by atoms with van der Waals surface area (Å²) in [4.78, 5) is 27.5. The first-order valence-electron chi connectivity index (χ1n) is 10.6. The molecule has 166 valence electrons. The van der Waals surface area contributed by atoms with Gasteiger partial charge in [-0.2, -0.15) is 0 Å². The molecule has 0 aromatic heterocycles. The largest absolute Gasteiger partial charge is 0.352 e. The van der Waals surface area contributed by atoms with E-state index in [4.69, 9.17) is 11.6 Å². The molecule has 3 rings (SSSR count). The van der Waals surface area contributed by atoms with Crippen LogP contribution in [0.15, 0.2) is 42.5 Å². The molecular formula is C24H27ClF2N2O2. The van der Waals surface area contributed by atoms with Gasteiger partial charge in [-0.15, -0.1) is 0 Å². The smallest absolute Gasteiger partial charge is 0.242 e. The van der Waals surface area contributed by atoms with E-state index in [0.717, 1.165) is 25.7 Å². The van der Waals surface area contributed by atoms with Gasteiger partial charge in [0, 0.05) is 23.2 Å². The van der Waals surface area contributed by atoms with E-state index in [9.17, 15) is 18.4 Å². The van der Waals surface area contributed by atoms with Crippen LogP contribution in [-0.2, 0) is 22.6 Å². The number of carbonyl (C=O) groups excluding carboxylic acids is 2. The summed E-state index contributed by atoms with van der Waals surface area (Å²) in [5.74, 6) is -1.63. The first-order valence-corrected chi connectivity index (χ1v) is 11.0. The van der Waals surface area contributed by atoms with Crippen molar-refractivity contribution in [3.63, 3.8) is 0 Å². The van der Waals surface area contributed by atoms with Crippen LogP contribution in [-0.4, -0.2) is 28.8 Å². The molecule has 2 amide bonds. The number of carbonyl (C=O) groups is 2. The lowest BCUT2D eigenvalue weighted by molar-refractivity contribution is -0.140. The van der Waals surface area contributed by atoms with Gasteiger partial charge in [0.1, 0.15) is 17.7 Å². The Kier molecular flexibility index (Phi) is 8.02. The van der Waals surface area contributed by atoms with Crippen LogP contribution in [0, 0.1) is 11.6 Å². The number of nitrogens with one attached hydrogen (secondary N) is 1. The average Bonchev–Trinajstić information content (AvgIpc) is 2.76. The maximum Gasteiger partial charge on any atom is 0.242 e. The average molecular weight is 449 g/mol. The minimum Gasteiger partial charge on any atom is -0.352 e. The second-order valence-corrected chi connectivity index (χ2v) is 8.45. The number of hydrogen-bond donors (Lipinski definition) is 1. The summed E-state index contributed by atoms with van der Waals surface area (Å²) in [6.45, 7) is 1.76. The molecule has 2 aromatic rings. The van der Waals surface area contributed by atoms with E-state index >= 15 is 0 Å². The molecule has 31 heavy (non-hydrogen) atoms. The zero-order valence-corrected chi connectivity index (χ0v) is 18.3. The normalized spacial score (nSPS) is 15.4. The van der Waals surface area contributed by atoms with Crippen molar-refractivity contribution < 1.29 is 18.4 Å². The summed E-state index contributed by atoms with van der Waals surface area (Å²) in [5.41, 5.74) is 0.768. The summed E-state index contributed by atoms with van der Waals surface area (Å²) in [6, 6.07) is 9.32. The standard InChI is InChI=1S/C24H27ClF2N2O2/c1-16(24(31)28-19-6-3-2-4-7-19)29(15-17-10-12-18(26)13-11-17)23(30)14-20-21(25)8-5-9-22(20)27/h5,8-13,16,19H,2-4,6-7,14-15H2,1H3,(H,28,31)/t16-/m0/s1. The highest BCUT2D eigenvalue weighted by atomic mass is 35.5. The Hall–Kier alpha value is -2.47. The molecule has 1 N–H and O–H groups in total. The monoisotopic (exact) mass is 448 g/mol. The fourth-order valence-corrected chi connectivity index (χ4v) is 4.12. The highest BCUT2D eigenvalue weighted by molar-refractivity contribution is 6.31. The fourth-order valence-electron chi connectivity index (χ4n) is 3.89. The molecule has 0 heterocycles. The van der Waals surface area contributed by atoms with Crippen molar-refractivity contribution in [2.75, 3.05) is 0 Å². The predicted molar refractivity (Wildman–Crippen MR) is 117 cm³/mol. The van der Waals surface area contributed by atoms with Gasteiger partial charge >= 0.3 is 0 Å². The molecule has 0 saturated heterocycles. The Morgan fingerprint density at radius 2 is 1.77 bits per heavy atom. The Morgan fingerprint density at radius 3 is 2.42 bits per heavy atom. The zero-order valence-electron chi connectivity index (χ0n) is 17.5. The topological polar surface area (TPSA) is 49.4 Å². The lowest BCUT2D eigenvalue weighted by Gasteiger charge is -2.31. The van der Waals surface area contributed by atoms with Crippen molar-refractivity contribution in [3.05, 3.63) is 70.2 Å². The second kappa shape index (κ2) is 10.7. The molecule has 1 atom stereocenters. The lowest BCUT2D eigenvalue weighted by Crippen LogP contribution is -2.50. The summed E-state index contributed by atoms with van der Waals surface area (Å²) in [7, 11) is 0. The van der Waals surface area contributed by atoms with Gasteiger partial charge in [0.25, 0.3) is 0 Å². The minimum atomic E-state index is -0.773. The SMILES string of the molecule is C[C@@H](C(=O)NC1CCCCC1)N(Cc1ccc(F)cc1)C(=O)Cc1c(F)cccc1Cl. The fraction of sp³-hybridized carbons (Fsp3) is 0.417. The van der Waals surface area contributed by atoms with Crippen LogP contribution in [0.4, 0.5) is 8.78 Å². The van der Waals surface area contributed by atoms with Crippen molar-refractivity contribution >= 4 is 23.4 Å². The Labute approximate surface area is 186 Å². The van der Waals surface area contributed by atoms with E-state index in [1.54, 1.807) is 19.1 Å². The summed E-state index contributed by atoms with van der Waals surface area (Å²) in [5, 5.41) is 3.20. The summed E-state index contributed by atoms with van der Waals surface area (Å²) >= 11 is 6.10. The quantitative estimate of drug-likeness (QED) is 0.646. The number of amides is 2. The van der Waals surface area contributed by atoms with E-state index in [1.807, 2.05) is 0 Å². The highest BCUT2D eigenvalue weighted by Crippen LogP contribution is 2.22. The van der Waals surface area contributed by atoms with Gasteiger partial charge in [0.2, 0.25) is 11.8 Å². The van der Waals surface area contributed by atoms with E-state index in [1.165, 1.54) is 41.7 Å². The maximum atomic E-state index is 14.2. The van der Waals surface area contributed by atoms with Crippen LogP contribution in [0.1, 0.15) is 50.2 Å². The van der Waals surface area contributed by atoms with Gasteiger partial charge in [-0.25, -0.2) is 8.78 Å². The van der Waals surface area contributed by atoms with Crippen LogP contribution in [0.2, 0.25) is 5.02 Å². The van der Waals surface area contributed by atoms with Crippen molar-refractivity contribution in [1.82, 2.24) is 10.2 Å². The van der Waals surface area contributed by atoms with Crippen molar-refractivity contribution in [2.24, 2.45) is 0 Å². The van der Waals surface area contributed by atoms with Crippen molar-refractivity contribution in [2.45, 2.75) is 64.1 Å². The van der Waals surface area contributed by atoms with Gasteiger partial charge < -0.3 is 10.2 Å². The molecule has 0 aliphatic heterocycles. The van der Waals surface area contributed by atoms with Crippen molar-refractivity contribution in [1.29, 1.82) is 0 Å². The highest BCUT2D eigenvalue weighted by Gasteiger charge is 2.29. The molecule has 7 heteroatoms. The molecular weight excluding hydrogens is 422 g/mol. The Morgan fingerprint density at radius 1 is 1.10 bits per heavy atom. The molecule has 0 radical (unpaired) electrons. The number of halogens is 3. The molecule has 1 fully saturated rings. The zero-order chi connectivity index (χ0) is 22.4. The Balaban J connectivity index is 1.79. The van der Waals surface area contributed by atoms with Crippen LogP contribution in [0.3, 0.4) is 0 Å². The van der Waals surface area contributed by atoms with Crippen LogP contribution in [0.5, 0.6) is 0 Å². The predicted octanol–water partition coefficient (Wildman–Crippen LogP) is 5.03. The van der Waals surface area contributed by atoms with Gasteiger partial charge in [0.15, 0.2) is 0 Å².